The van der Waals surface area contributed by atoms with Crippen LogP contribution in [0.3, 0.4) is 0 Å². The van der Waals surface area contributed by atoms with Crippen LogP contribution in [0, 0.1) is 17.2 Å². The van der Waals surface area contributed by atoms with Gasteiger partial charge in [-0.05, 0) is 6.92 Å². The zero-order valence-electron chi connectivity index (χ0n) is 7.23. The number of nitrogens with zero attached hydrogens (tertiary/aromatic N) is 1. The van der Waals surface area contributed by atoms with Crippen molar-refractivity contribution in [3.8, 4) is 6.07 Å². The standard InChI is InChI=1S/C8H8NO4/c1-5(13-6(2)11)8(12)7(3-9)4-10/h5,7H,1-2H3. The fraction of sp³-hybridized carbons (Fsp3) is 0.500. The van der Waals surface area contributed by atoms with Gasteiger partial charge in [0, 0.05) is 6.92 Å². The monoisotopic (exact) mass is 182 g/mol. The lowest BCUT2D eigenvalue weighted by atomic mass is 10.0. The average molecular weight is 182 g/mol. The van der Waals surface area contributed by atoms with Crippen molar-refractivity contribution in [3.63, 3.8) is 0 Å². The van der Waals surface area contributed by atoms with E-state index in [0.29, 0.717) is 0 Å². The van der Waals surface area contributed by atoms with Crippen LogP contribution in [0.1, 0.15) is 13.8 Å². The number of hydrogen-bond acceptors (Lipinski definition) is 5. The summed E-state index contributed by atoms with van der Waals surface area (Å²) in [7, 11) is 0. The lowest BCUT2D eigenvalue weighted by Crippen LogP contribution is -2.29. The van der Waals surface area contributed by atoms with Crippen LogP contribution >= 0.6 is 0 Å². The van der Waals surface area contributed by atoms with E-state index >= 15 is 0 Å². The third-order valence-electron chi connectivity index (χ3n) is 1.27. The predicted octanol–water partition coefficient (Wildman–Crippen LogP) is -0.243. The predicted molar refractivity (Wildman–Crippen MR) is 41.0 cm³/mol. The maximum Gasteiger partial charge on any atom is 0.303 e. The molecule has 0 rings (SSSR count). The van der Waals surface area contributed by atoms with E-state index < -0.39 is 23.8 Å². The molecule has 0 bridgehead atoms. The normalized spacial score (nSPS) is 13.6. The van der Waals surface area contributed by atoms with Gasteiger partial charge in [-0.25, -0.2) is 0 Å². The van der Waals surface area contributed by atoms with E-state index in [9.17, 15) is 14.4 Å². The Morgan fingerprint density at radius 3 is 2.31 bits per heavy atom. The number of esters is 1. The smallest absolute Gasteiger partial charge is 0.303 e. The molecule has 0 aliphatic carbocycles. The van der Waals surface area contributed by atoms with Gasteiger partial charge in [-0.3, -0.25) is 14.4 Å². The van der Waals surface area contributed by atoms with E-state index in [-0.39, 0.29) is 0 Å². The van der Waals surface area contributed by atoms with Crippen LogP contribution in [0.15, 0.2) is 0 Å². The van der Waals surface area contributed by atoms with Crippen LogP contribution in [-0.4, -0.2) is 24.1 Å². The molecule has 2 unspecified atom stereocenters. The Kier molecular flexibility index (Phi) is 4.38. The highest BCUT2D eigenvalue weighted by Crippen LogP contribution is 2.01. The van der Waals surface area contributed by atoms with Gasteiger partial charge in [0.25, 0.3) is 0 Å². The van der Waals surface area contributed by atoms with Crippen molar-refractivity contribution in [1.82, 2.24) is 0 Å². The van der Waals surface area contributed by atoms with Crippen molar-refractivity contribution < 1.29 is 19.1 Å². The maximum atomic E-state index is 11.1. The molecular weight excluding hydrogens is 174 g/mol. The molecule has 0 heterocycles. The van der Waals surface area contributed by atoms with Crippen LogP contribution in [0.4, 0.5) is 0 Å². The summed E-state index contributed by atoms with van der Waals surface area (Å²) < 4.78 is 4.48. The summed E-state index contributed by atoms with van der Waals surface area (Å²) in [5.41, 5.74) is 0. The first kappa shape index (κ1) is 11.3. The summed E-state index contributed by atoms with van der Waals surface area (Å²) in [5, 5.41) is 8.31. The van der Waals surface area contributed by atoms with Crippen molar-refractivity contribution in [2.75, 3.05) is 0 Å². The fourth-order valence-corrected chi connectivity index (χ4v) is 0.690. The molecular formula is C8H8NO4. The molecule has 0 saturated carbocycles. The third kappa shape index (κ3) is 3.47. The molecule has 0 saturated heterocycles. The van der Waals surface area contributed by atoms with Gasteiger partial charge in [-0.1, -0.05) is 0 Å². The minimum atomic E-state index is -1.48. The molecule has 1 radical (unpaired) electrons. The van der Waals surface area contributed by atoms with Crippen LogP contribution in [0.25, 0.3) is 0 Å². The van der Waals surface area contributed by atoms with E-state index in [1.165, 1.54) is 19.3 Å². The minimum Gasteiger partial charge on any atom is -0.455 e. The summed E-state index contributed by atoms with van der Waals surface area (Å²) >= 11 is 0. The summed E-state index contributed by atoms with van der Waals surface area (Å²) in [4.78, 5) is 31.5. The van der Waals surface area contributed by atoms with Crippen LogP contribution in [0.5, 0.6) is 0 Å². The third-order valence-corrected chi connectivity index (χ3v) is 1.27. The molecule has 5 nitrogen and oxygen atoms in total. The Morgan fingerprint density at radius 2 is 2.00 bits per heavy atom. The van der Waals surface area contributed by atoms with Gasteiger partial charge in [-0.15, -0.1) is 0 Å². The molecule has 0 N–H and O–H groups in total. The molecule has 0 amide bonds. The molecule has 0 spiro atoms. The average Bonchev–Trinajstić information content (AvgIpc) is 2.05. The minimum absolute atomic E-state index is 0.636. The zero-order chi connectivity index (χ0) is 10.4. The second-order valence-corrected chi connectivity index (χ2v) is 2.33. The van der Waals surface area contributed by atoms with Crippen LogP contribution in [0.2, 0.25) is 0 Å². The second kappa shape index (κ2) is 5.04. The number of nitriles is 1. The molecule has 0 aromatic carbocycles. The molecule has 0 aliphatic rings. The summed E-state index contributed by atoms with van der Waals surface area (Å²) in [6.07, 6.45) is 0.174. The highest BCUT2D eigenvalue weighted by atomic mass is 16.5. The number of ketones is 1. The molecule has 69 valence electrons. The Bertz CT molecular complexity index is 266. The first-order valence-corrected chi connectivity index (χ1v) is 3.51. The topological polar surface area (TPSA) is 84.2 Å². The molecule has 0 aromatic heterocycles. The Hall–Kier alpha value is -1.70. The quantitative estimate of drug-likeness (QED) is 0.442. The molecule has 5 heteroatoms. The van der Waals surface area contributed by atoms with E-state index in [2.05, 4.69) is 4.74 Å². The van der Waals surface area contributed by atoms with Crippen LogP contribution < -0.4 is 0 Å². The Balaban J connectivity index is 4.33. The molecule has 13 heavy (non-hydrogen) atoms. The van der Waals surface area contributed by atoms with Gasteiger partial charge < -0.3 is 4.74 Å². The lowest BCUT2D eigenvalue weighted by Gasteiger charge is -2.09. The zero-order valence-corrected chi connectivity index (χ0v) is 7.23. The summed E-state index contributed by atoms with van der Waals surface area (Å²) in [6, 6.07) is 1.44. The number of ether oxygens (including phenoxy) is 1. The van der Waals surface area contributed by atoms with Gasteiger partial charge in [0.1, 0.15) is 0 Å². The van der Waals surface area contributed by atoms with Gasteiger partial charge in [0.15, 0.2) is 17.8 Å². The van der Waals surface area contributed by atoms with E-state index in [1.54, 1.807) is 0 Å². The maximum absolute atomic E-state index is 11.1. The van der Waals surface area contributed by atoms with E-state index in [1.807, 2.05) is 0 Å². The highest BCUT2D eigenvalue weighted by Gasteiger charge is 2.25. The Morgan fingerprint density at radius 1 is 1.46 bits per heavy atom. The second-order valence-electron chi connectivity index (χ2n) is 2.33. The summed E-state index contributed by atoms with van der Waals surface area (Å²) in [5.74, 6) is -2.87. The number of carbonyl (C=O) groups is 2. The number of carbonyl (C=O) groups excluding carboxylic acids is 3. The fourth-order valence-electron chi connectivity index (χ4n) is 0.690. The van der Waals surface area contributed by atoms with Gasteiger partial charge in [0.05, 0.1) is 6.07 Å². The number of hydrogen-bond donors (Lipinski definition) is 0. The largest absolute Gasteiger partial charge is 0.455 e. The Labute approximate surface area is 75.3 Å². The SMILES string of the molecule is CC(=O)OC(C)C(=O)C([C]=O)C#N. The number of Topliss-reactive ketones (excluding diaryl/α,β-unsaturated/α-hetero) is 1. The summed E-state index contributed by atoms with van der Waals surface area (Å²) in [6.45, 7) is 2.43. The first-order valence-electron chi connectivity index (χ1n) is 3.51. The van der Waals surface area contributed by atoms with E-state index in [0.717, 1.165) is 6.92 Å². The van der Waals surface area contributed by atoms with Crippen molar-refractivity contribution in [2.24, 2.45) is 5.92 Å². The van der Waals surface area contributed by atoms with Gasteiger partial charge in [0.2, 0.25) is 6.29 Å². The van der Waals surface area contributed by atoms with Crippen molar-refractivity contribution in [3.05, 3.63) is 0 Å². The van der Waals surface area contributed by atoms with Gasteiger partial charge >= 0.3 is 5.97 Å². The van der Waals surface area contributed by atoms with Crippen molar-refractivity contribution in [1.29, 1.82) is 5.26 Å². The lowest BCUT2D eigenvalue weighted by molar-refractivity contribution is -0.152. The highest BCUT2D eigenvalue weighted by molar-refractivity contribution is 5.99. The molecule has 0 aliphatic heterocycles. The van der Waals surface area contributed by atoms with Gasteiger partial charge in [-0.2, -0.15) is 5.26 Å². The molecule has 0 fully saturated rings. The van der Waals surface area contributed by atoms with E-state index in [4.69, 9.17) is 5.26 Å². The van der Waals surface area contributed by atoms with Crippen molar-refractivity contribution >= 4 is 18.0 Å². The van der Waals surface area contributed by atoms with Crippen molar-refractivity contribution in [2.45, 2.75) is 20.0 Å². The number of rotatable bonds is 4. The van der Waals surface area contributed by atoms with Crippen LogP contribution in [-0.2, 0) is 19.1 Å². The molecule has 0 aromatic rings. The first-order chi connectivity index (χ1) is 6.02. The molecule has 2 atom stereocenters.